The maximum absolute atomic E-state index is 11.8. The van der Waals surface area contributed by atoms with E-state index in [4.69, 9.17) is 0 Å². The van der Waals surface area contributed by atoms with E-state index in [1.54, 1.807) is 18.5 Å². The second-order valence-electron chi connectivity index (χ2n) is 4.35. The number of hydrogen-bond donors (Lipinski definition) is 1. The Hall–Kier alpha value is -2.24. The lowest BCUT2D eigenvalue weighted by atomic mass is 10.2. The summed E-state index contributed by atoms with van der Waals surface area (Å²) in [6, 6.07) is 3.46. The van der Waals surface area contributed by atoms with E-state index in [1.165, 1.54) is 17.2 Å². The highest BCUT2D eigenvalue weighted by Crippen LogP contribution is 2.04. The molecule has 1 amide bonds. The van der Waals surface area contributed by atoms with Crippen LogP contribution in [-0.2, 0) is 0 Å². The molecule has 2 aromatic rings. The molecule has 6 heteroatoms. The number of aromatic nitrogens is 4. The Morgan fingerprint density at radius 1 is 1.44 bits per heavy atom. The normalized spacial score (nSPS) is 10.6. The number of hydrogen-bond acceptors (Lipinski definition) is 4. The first-order valence-corrected chi connectivity index (χ1v) is 5.76. The van der Waals surface area contributed by atoms with Crippen molar-refractivity contribution in [1.29, 1.82) is 0 Å². The Morgan fingerprint density at radius 2 is 2.28 bits per heavy atom. The lowest BCUT2D eigenvalue weighted by molar-refractivity contribution is 0.0948. The van der Waals surface area contributed by atoms with Crippen molar-refractivity contribution in [2.75, 3.05) is 6.54 Å². The van der Waals surface area contributed by atoms with Gasteiger partial charge in [0, 0.05) is 12.7 Å². The first kappa shape index (κ1) is 12.2. The molecule has 18 heavy (non-hydrogen) atoms. The van der Waals surface area contributed by atoms with Crippen molar-refractivity contribution in [3.63, 3.8) is 0 Å². The highest BCUT2D eigenvalue weighted by molar-refractivity contribution is 5.93. The molecule has 0 atom stereocenters. The zero-order valence-electron chi connectivity index (χ0n) is 10.4. The Bertz CT molecular complexity index is 504. The maximum Gasteiger partial charge on any atom is 0.252 e. The maximum atomic E-state index is 11.8. The highest BCUT2D eigenvalue weighted by atomic mass is 16.1. The number of nitrogens with one attached hydrogen (secondary N) is 1. The van der Waals surface area contributed by atoms with E-state index >= 15 is 0 Å². The second-order valence-corrected chi connectivity index (χ2v) is 4.35. The van der Waals surface area contributed by atoms with Gasteiger partial charge in [-0.15, -0.1) is 0 Å². The second kappa shape index (κ2) is 5.39. The van der Waals surface area contributed by atoms with Gasteiger partial charge in [0.15, 0.2) is 5.82 Å². The molecule has 0 radical (unpaired) electrons. The lowest BCUT2D eigenvalue weighted by Gasteiger charge is -2.07. The van der Waals surface area contributed by atoms with Crippen LogP contribution in [0.4, 0.5) is 0 Å². The largest absolute Gasteiger partial charge is 0.352 e. The van der Waals surface area contributed by atoms with Crippen molar-refractivity contribution in [3.05, 3.63) is 36.5 Å². The highest BCUT2D eigenvalue weighted by Gasteiger charge is 2.07. The first-order chi connectivity index (χ1) is 8.66. The SMILES string of the molecule is CC(C)CNC(=O)c1ccc(-n2cncn2)nc1. The van der Waals surface area contributed by atoms with E-state index < -0.39 is 0 Å². The summed E-state index contributed by atoms with van der Waals surface area (Å²) < 4.78 is 1.54. The minimum absolute atomic E-state index is 0.110. The van der Waals surface area contributed by atoms with Crippen LogP contribution in [0.1, 0.15) is 24.2 Å². The van der Waals surface area contributed by atoms with Crippen LogP contribution in [0.25, 0.3) is 5.82 Å². The summed E-state index contributed by atoms with van der Waals surface area (Å²) in [7, 11) is 0. The van der Waals surface area contributed by atoms with E-state index in [9.17, 15) is 4.79 Å². The molecule has 0 aliphatic rings. The van der Waals surface area contributed by atoms with Crippen LogP contribution in [0.3, 0.4) is 0 Å². The summed E-state index contributed by atoms with van der Waals surface area (Å²) in [6.07, 6.45) is 4.53. The molecule has 0 bridgehead atoms. The van der Waals surface area contributed by atoms with Gasteiger partial charge in [-0.1, -0.05) is 13.8 Å². The topological polar surface area (TPSA) is 72.7 Å². The summed E-state index contributed by atoms with van der Waals surface area (Å²) >= 11 is 0. The van der Waals surface area contributed by atoms with Crippen LogP contribution in [-0.4, -0.2) is 32.2 Å². The molecule has 1 N–H and O–H groups in total. The van der Waals surface area contributed by atoms with Crippen LogP contribution in [0, 0.1) is 5.92 Å². The average molecular weight is 245 g/mol. The number of nitrogens with zero attached hydrogens (tertiary/aromatic N) is 4. The van der Waals surface area contributed by atoms with Gasteiger partial charge in [-0.25, -0.2) is 14.6 Å². The van der Waals surface area contributed by atoms with E-state index in [-0.39, 0.29) is 5.91 Å². The fourth-order valence-corrected chi connectivity index (χ4v) is 1.38. The predicted molar refractivity (Wildman–Crippen MR) is 66.3 cm³/mol. The molecule has 0 aliphatic heterocycles. The van der Waals surface area contributed by atoms with Gasteiger partial charge in [-0.3, -0.25) is 4.79 Å². The Kier molecular flexibility index (Phi) is 3.66. The number of rotatable bonds is 4. The van der Waals surface area contributed by atoms with Gasteiger partial charge in [0.2, 0.25) is 0 Å². The van der Waals surface area contributed by atoms with E-state index in [2.05, 4.69) is 20.4 Å². The average Bonchev–Trinajstić information content (AvgIpc) is 2.90. The molecule has 2 heterocycles. The minimum atomic E-state index is -0.110. The van der Waals surface area contributed by atoms with Gasteiger partial charge >= 0.3 is 0 Å². The molecule has 0 aromatic carbocycles. The molecule has 2 rings (SSSR count). The monoisotopic (exact) mass is 245 g/mol. The van der Waals surface area contributed by atoms with E-state index in [1.807, 2.05) is 13.8 Å². The van der Waals surface area contributed by atoms with Crippen LogP contribution >= 0.6 is 0 Å². The van der Waals surface area contributed by atoms with Crippen molar-refractivity contribution < 1.29 is 4.79 Å². The quantitative estimate of drug-likeness (QED) is 0.873. The molecule has 0 saturated heterocycles. The van der Waals surface area contributed by atoms with Crippen LogP contribution in [0.2, 0.25) is 0 Å². The summed E-state index contributed by atoms with van der Waals surface area (Å²) in [5, 5.41) is 6.80. The number of carbonyl (C=O) groups excluding carboxylic acids is 1. The van der Waals surface area contributed by atoms with Crippen LogP contribution in [0.5, 0.6) is 0 Å². The van der Waals surface area contributed by atoms with E-state index in [0.717, 1.165) is 0 Å². The van der Waals surface area contributed by atoms with Crippen molar-refractivity contribution >= 4 is 5.91 Å². The Balaban J connectivity index is 2.06. The third-order valence-corrected chi connectivity index (χ3v) is 2.33. The molecule has 94 valence electrons. The molecule has 2 aromatic heterocycles. The van der Waals surface area contributed by atoms with Gasteiger partial charge in [-0.2, -0.15) is 5.10 Å². The molecule has 6 nitrogen and oxygen atoms in total. The van der Waals surface area contributed by atoms with Crippen molar-refractivity contribution in [3.8, 4) is 5.82 Å². The number of carbonyl (C=O) groups is 1. The summed E-state index contributed by atoms with van der Waals surface area (Å²) in [5.41, 5.74) is 0.541. The fourth-order valence-electron chi connectivity index (χ4n) is 1.38. The fraction of sp³-hybridized carbons (Fsp3) is 0.333. The standard InChI is InChI=1S/C12H15N5O/c1-9(2)5-15-12(18)10-3-4-11(14-6-10)17-8-13-7-16-17/h3-4,6-9H,5H2,1-2H3,(H,15,18). The third kappa shape index (κ3) is 2.91. The first-order valence-electron chi connectivity index (χ1n) is 5.76. The molecule has 0 fully saturated rings. The van der Waals surface area contributed by atoms with Gasteiger partial charge < -0.3 is 5.32 Å². The van der Waals surface area contributed by atoms with Gasteiger partial charge in [0.25, 0.3) is 5.91 Å². The number of amides is 1. The van der Waals surface area contributed by atoms with E-state index in [0.29, 0.717) is 23.8 Å². The molecule has 0 aliphatic carbocycles. The molecule has 0 unspecified atom stereocenters. The van der Waals surface area contributed by atoms with Gasteiger partial charge in [0.1, 0.15) is 12.7 Å². The molecular weight excluding hydrogens is 230 g/mol. The molecule has 0 saturated carbocycles. The molecular formula is C12H15N5O. The van der Waals surface area contributed by atoms with Crippen LogP contribution in [0.15, 0.2) is 31.0 Å². The summed E-state index contributed by atoms with van der Waals surface area (Å²) in [4.78, 5) is 19.8. The van der Waals surface area contributed by atoms with Crippen molar-refractivity contribution in [2.24, 2.45) is 5.92 Å². The zero-order chi connectivity index (χ0) is 13.0. The van der Waals surface area contributed by atoms with Crippen LogP contribution < -0.4 is 5.32 Å². The van der Waals surface area contributed by atoms with Gasteiger partial charge in [-0.05, 0) is 18.1 Å². The lowest BCUT2D eigenvalue weighted by Crippen LogP contribution is -2.27. The van der Waals surface area contributed by atoms with Crippen molar-refractivity contribution in [1.82, 2.24) is 25.1 Å². The summed E-state index contributed by atoms with van der Waals surface area (Å²) in [6.45, 7) is 4.75. The molecule has 0 spiro atoms. The Morgan fingerprint density at radius 3 is 2.83 bits per heavy atom. The minimum Gasteiger partial charge on any atom is -0.352 e. The smallest absolute Gasteiger partial charge is 0.252 e. The summed E-state index contributed by atoms with van der Waals surface area (Å²) in [5.74, 6) is 0.950. The van der Waals surface area contributed by atoms with Crippen molar-refractivity contribution in [2.45, 2.75) is 13.8 Å². The predicted octanol–water partition coefficient (Wildman–Crippen LogP) is 1.05. The number of pyridine rings is 1. The third-order valence-electron chi connectivity index (χ3n) is 2.33. The Labute approximate surface area is 105 Å². The van der Waals surface area contributed by atoms with Gasteiger partial charge in [0.05, 0.1) is 5.56 Å². The zero-order valence-corrected chi connectivity index (χ0v) is 10.4.